The summed E-state index contributed by atoms with van der Waals surface area (Å²) < 4.78 is 1.80. The minimum absolute atomic E-state index is 0.0608. The molecule has 2 heterocycles. The molecule has 2 aromatic rings. The molecule has 1 fully saturated rings. The van der Waals surface area contributed by atoms with Crippen molar-refractivity contribution in [2.45, 2.75) is 32.3 Å². The summed E-state index contributed by atoms with van der Waals surface area (Å²) in [5, 5.41) is 14.8. The van der Waals surface area contributed by atoms with Gasteiger partial charge in [-0.1, -0.05) is 0 Å². The number of aromatic nitrogens is 3. The molecule has 0 aliphatic heterocycles. The molecule has 0 atom stereocenters. The van der Waals surface area contributed by atoms with Gasteiger partial charge in [-0.25, -0.2) is 4.98 Å². The molecule has 1 aliphatic carbocycles. The van der Waals surface area contributed by atoms with Crippen LogP contribution in [0.15, 0.2) is 6.07 Å². The van der Waals surface area contributed by atoms with E-state index < -0.39 is 0 Å². The van der Waals surface area contributed by atoms with Crippen LogP contribution in [0.25, 0.3) is 11.0 Å². The number of nitrogens with zero attached hydrogens (tertiary/aromatic N) is 3. The van der Waals surface area contributed by atoms with Crippen LogP contribution in [0.5, 0.6) is 0 Å². The van der Waals surface area contributed by atoms with Crippen molar-refractivity contribution in [2.75, 3.05) is 0 Å². The van der Waals surface area contributed by atoms with Crippen LogP contribution in [0.3, 0.4) is 0 Å². The molecule has 0 radical (unpaired) electrons. The Bertz CT molecular complexity index is 555. The summed E-state index contributed by atoms with van der Waals surface area (Å²) >= 11 is 0. The number of rotatable bonds is 2. The summed E-state index contributed by atoms with van der Waals surface area (Å²) in [6.07, 6.45) is 2.44. The third kappa shape index (κ3) is 1.33. The maximum Gasteiger partial charge on any atom is 0.158 e. The number of hydrogen-bond acceptors (Lipinski definition) is 3. The fourth-order valence-electron chi connectivity index (χ4n) is 2.27. The lowest BCUT2D eigenvalue weighted by atomic mass is 10.1. The van der Waals surface area contributed by atoms with Gasteiger partial charge in [0.15, 0.2) is 5.65 Å². The van der Waals surface area contributed by atoms with Gasteiger partial charge in [0, 0.05) is 24.0 Å². The molecule has 1 saturated carbocycles. The van der Waals surface area contributed by atoms with Crippen LogP contribution in [0, 0.1) is 6.92 Å². The van der Waals surface area contributed by atoms with Gasteiger partial charge in [0.05, 0.1) is 12.3 Å². The van der Waals surface area contributed by atoms with Crippen molar-refractivity contribution in [3.8, 4) is 0 Å². The molecule has 0 bridgehead atoms. The van der Waals surface area contributed by atoms with Gasteiger partial charge in [-0.05, 0) is 31.4 Å². The van der Waals surface area contributed by atoms with E-state index in [-0.39, 0.29) is 6.61 Å². The normalized spacial score (nSPS) is 15.9. The lowest BCUT2D eigenvalue weighted by Crippen LogP contribution is -1.97. The zero-order chi connectivity index (χ0) is 11.3. The Balaban J connectivity index is 2.31. The van der Waals surface area contributed by atoms with Gasteiger partial charge in [0.1, 0.15) is 0 Å². The van der Waals surface area contributed by atoms with Gasteiger partial charge in [-0.3, -0.25) is 4.68 Å². The van der Waals surface area contributed by atoms with Gasteiger partial charge >= 0.3 is 0 Å². The first-order chi connectivity index (χ1) is 7.70. The lowest BCUT2D eigenvalue weighted by Gasteiger charge is -2.04. The molecule has 2 aromatic heterocycles. The van der Waals surface area contributed by atoms with E-state index in [0.29, 0.717) is 5.92 Å². The molecule has 0 saturated heterocycles. The van der Waals surface area contributed by atoms with Gasteiger partial charge < -0.3 is 5.11 Å². The molecule has 0 amide bonds. The fraction of sp³-hybridized carbons (Fsp3) is 0.500. The Hall–Kier alpha value is -1.42. The van der Waals surface area contributed by atoms with Crippen molar-refractivity contribution in [1.29, 1.82) is 0 Å². The number of aliphatic hydroxyl groups is 1. The Morgan fingerprint density at radius 3 is 2.88 bits per heavy atom. The lowest BCUT2D eigenvalue weighted by molar-refractivity contribution is 0.283. The summed E-state index contributed by atoms with van der Waals surface area (Å²) in [5.74, 6) is 0.602. The van der Waals surface area contributed by atoms with Crippen LogP contribution >= 0.6 is 0 Å². The van der Waals surface area contributed by atoms with Crippen LogP contribution in [-0.2, 0) is 13.7 Å². The van der Waals surface area contributed by atoms with Crippen LogP contribution in [0.4, 0.5) is 0 Å². The third-order valence-electron chi connectivity index (χ3n) is 3.24. The zero-order valence-electron chi connectivity index (χ0n) is 9.56. The molecule has 4 heteroatoms. The van der Waals surface area contributed by atoms with E-state index in [2.05, 4.69) is 10.1 Å². The number of hydrogen-bond donors (Lipinski definition) is 1. The maximum absolute atomic E-state index is 9.43. The smallest absolute Gasteiger partial charge is 0.158 e. The highest BCUT2D eigenvalue weighted by atomic mass is 16.3. The fourth-order valence-corrected chi connectivity index (χ4v) is 2.27. The van der Waals surface area contributed by atoms with E-state index in [9.17, 15) is 5.11 Å². The van der Waals surface area contributed by atoms with Crippen molar-refractivity contribution in [2.24, 2.45) is 7.05 Å². The van der Waals surface area contributed by atoms with E-state index >= 15 is 0 Å². The Morgan fingerprint density at radius 1 is 1.50 bits per heavy atom. The largest absolute Gasteiger partial charge is 0.392 e. The minimum Gasteiger partial charge on any atom is -0.392 e. The quantitative estimate of drug-likeness (QED) is 0.832. The maximum atomic E-state index is 9.43. The second-order valence-electron chi connectivity index (χ2n) is 4.55. The molecule has 1 N–H and O–H groups in total. The number of pyridine rings is 1. The summed E-state index contributed by atoms with van der Waals surface area (Å²) in [7, 11) is 1.90. The van der Waals surface area contributed by atoms with Crippen molar-refractivity contribution in [3.05, 3.63) is 23.0 Å². The first kappa shape index (κ1) is 9.78. The van der Waals surface area contributed by atoms with Crippen molar-refractivity contribution >= 4 is 11.0 Å². The first-order valence-electron chi connectivity index (χ1n) is 5.64. The van der Waals surface area contributed by atoms with Crippen molar-refractivity contribution < 1.29 is 5.11 Å². The molecule has 0 aromatic carbocycles. The Morgan fingerprint density at radius 2 is 2.25 bits per heavy atom. The third-order valence-corrected chi connectivity index (χ3v) is 3.24. The predicted molar refractivity (Wildman–Crippen MR) is 61.1 cm³/mol. The summed E-state index contributed by atoms with van der Waals surface area (Å²) in [5.41, 5.74) is 3.90. The number of fused-ring (bicyclic) bond motifs is 1. The van der Waals surface area contributed by atoms with Crippen LogP contribution in [0.2, 0.25) is 0 Å². The summed E-state index contributed by atoms with van der Waals surface area (Å²) in [4.78, 5) is 4.66. The van der Waals surface area contributed by atoms with Crippen LogP contribution < -0.4 is 0 Å². The van der Waals surface area contributed by atoms with E-state index in [1.54, 1.807) is 4.68 Å². The second kappa shape index (κ2) is 3.28. The van der Waals surface area contributed by atoms with Gasteiger partial charge in [-0.15, -0.1) is 0 Å². The van der Waals surface area contributed by atoms with E-state index in [1.807, 2.05) is 20.0 Å². The number of aryl methyl sites for hydroxylation is 2. The molecule has 84 valence electrons. The Kier molecular flexibility index (Phi) is 2.01. The molecule has 1 aliphatic rings. The van der Waals surface area contributed by atoms with Crippen LogP contribution in [0.1, 0.15) is 35.7 Å². The van der Waals surface area contributed by atoms with Crippen molar-refractivity contribution in [1.82, 2.24) is 14.8 Å². The number of aliphatic hydroxyl groups excluding tert-OH is 1. The zero-order valence-corrected chi connectivity index (χ0v) is 9.56. The van der Waals surface area contributed by atoms with Gasteiger partial charge in [0.2, 0.25) is 0 Å². The minimum atomic E-state index is 0.0608. The average Bonchev–Trinajstić information content (AvgIpc) is 3.07. The highest BCUT2D eigenvalue weighted by molar-refractivity contribution is 5.82. The molecule has 0 unspecified atom stereocenters. The van der Waals surface area contributed by atoms with E-state index in [4.69, 9.17) is 0 Å². The van der Waals surface area contributed by atoms with Gasteiger partial charge in [-0.2, -0.15) is 5.10 Å². The average molecular weight is 217 g/mol. The monoisotopic (exact) mass is 217 g/mol. The Labute approximate surface area is 93.9 Å². The SMILES string of the molecule is Cc1nn(C)c2nc(C3CC3)cc(CO)c12. The van der Waals surface area contributed by atoms with Gasteiger partial charge in [0.25, 0.3) is 0 Å². The highest BCUT2D eigenvalue weighted by Crippen LogP contribution is 2.40. The standard InChI is InChI=1S/C12H15N3O/c1-7-11-9(6-16)5-10(8-3-4-8)13-12(11)15(2)14-7/h5,8,16H,3-4,6H2,1-2H3. The highest BCUT2D eigenvalue weighted by Gasteiger charge is 2.26. The molecule has 0 spiro atoms. The second-order valence-corrected chi connectivity index (χ2v) is 4.55. The molecular formula is C12H15N3O. The topological polar surface area (TPSA) is 50.9 Å². The molecule has 4 nitrogen and oxygen atoms in total. The van der Waals surface area contributed by atoms with E-state index in [0.717, 1.165) is 28.0 Å². The molecular weight excluding hydrogens is 202 g/mol. The summed E-state index contributed by atoms with van der Waals surface area (Å²) in [6, 6.07) is 2.04. The van der Waals surface area contributed by atoms with Crippen molar-refractivity contribution in [3.63, 3.8) is 0 Å². The first-order valence-corrected chi connectivity index (χ1v) is 5.64. The molecule has 16 heavy (non-hydrogen) atoms. The summed E-state index contributed by atoms with van der Waals surface area (Å²) in [6.45, 7) is 2.02. The predicted octanol–water partition coefficient (Wildman–Crippen LogP) is 1.65. The van der Waals surface area contributed by atoms with E-state index in [1.165, 1.54) is 12.8 Å². The molecule has 3 rings (SSSR count). The van der Waals surface area contributed by atoms with Crippen LogP contribution in [-0.4, -0.2) is 19.9 Å².